The minimum Gasteiger partial charge on any atom is -0.422 e. The molecule has 2 aromatic rings. The third kappa shape index (κ3) is 3.47. The van der Waals surface area contributed by atoms with Gasteiger partial charge < -0.3 is 9.61 Å². The number of ketones is 2. The molecule has 12 heteroatoms. The van der Waals surface area contributed by atoms with E-state index < -0.39 is 26.8 Å². The standard InChI is InChI=1S/C14H15N5O5P2/c15-25(16,22)19-9-5-6-10(24-26(17,18)23)12-11(9)13(20)7-3-1-2-4-8(7)14(12)21/h1-6H,(H4,17,18,23)(H5,15,16,19,22). The number of carbonyl (C=O) groups excluding carboxylic acids is 2. The Balaban J connectivity index is 2.30. The second kappa shape index (κ2) is 6.14. The van der Waals surface area contributed by atoms with Crippen LogP contribution in [-0.2, 0) is 9.13 Å². The summed E-state index contributed by atoms with van der Waals surface area (Å²) in [6, 6.07) is 8.58. The Hall–Kier alpha value is -2.32. The van der Waals surface area contributed by atoms with E-state index in [0.717, 1.165) is 0 Å². The maximum Gasteiger partial charge on any atom is 0.385 e. The molecule has 136 valence electrons. The molecule has 0 spiro atoms. The predicted molar refractivity (Wildman–Crippen MR) is 96.0 cm³/mol. The van der Waals surface area contributed by atoms with E-state index in [9.17, 15) is 18.7 Å². The van der Waals surface area contributed by atoms with Crippen LogP contribution in [0.15, 0.2) is 36.4 Å². The molecule has 1 aliphatic rings. The first-order chi connectivity index (χ1) is 12.0. The van der Waals surface area contributed by atoms with Gasteiger partial charge in [0.05, 0.1) is 16.8 Å². The minimum absolute atomic E-state index is 0.0302. The van der Waals surface area contributed by atoms with Crippen LogP contribution in [0.5, 0.6) is 5.75 Å². The number of hydrogen-bond donors (Lipinski definition) is 5. The van der Waals surface area contributed by atoms with Crippen molar-refractivity contribution in [2.75, 3.05) is 5.09 Å². The molecule has 0 atom stereocenters. The van der Waals surface area contributed by atoms with E-state index in [2.05, 4.69) is 5.09 Å². The average molecular weight is 395 g/mol. The average Bonchev–Trinajstić information content (AvgIpc) is 2.51. The monoisotopic (exact) mass is 395 g/mol. The van der Waals surface area contributed by atoms with Crippen molar-refractivity contribution in [1.82, 2.24) is 0 Å². The van der Waals surface area contributed by atoms with Crippen LogP contribution >= 0.6 is 15.3 Å². The van der Waals surface area contributed by atoms with Crippen LogP contribution in [0, 0.1) is 0 Å². The zero-order valence-electron chi connectivity index (χ0n) is 13.2. The number of fused-ring (bicyclic) bond motifs is 2. The van der Waals surface area contributed by atoms with Crippen molar-refractivity contribution in [2.24, 2.45) is 22.0 Å². The van der Waals surface area contributed by atoms with E-state index in [1.807, 2.05) is 0 Å². The summed E-state index contributed by atoms with van der Waals surface area (Å²) in [5, 5.41) is 2.33. The number of nitrogens with two attached hydrogens (primary N) is 4. The largest absolute Gasteiger partial charge is 0.422 e. The van der Waals surface area contributed by atoms with E-state index in [-0.39, 0.29) is 33.7 Å². The zero-order valence-corrected chi connectivity index (χ0v) is 15.0. The summed E-state index contributed by atoms with van der Waals surface area (Å²) in [5.74, 6) is -1.37. The van der Waals surface area contributed by atoms with Gasteiger partial charge in [-0.2, -0.15) is 0 Å². The van der Waals surface area contributed by atoms with E-state index >= 15 is 0 Å². The van der Waals surface area contributed by atoms with Crippen LogP contribution in [-0.4, -0.2) is 11.6 Å². The first-order valence-corrected chi connectivity index (χ1v) is 10.8. The van der Waals surface area contributed by atoms with Gasteiger partial charge in [-0.25, -0.2) is 15.6 Å². The van der Waals surface area contributed by atoms with Gasteiger partial charge in [0, 0.05) is 11.1 Å². The summed E-state index contributed by atoms with van der Waals surface area (Å²) < 4.78 is 28.4. The molecule has 0 unspecified atom stereocenters. The van der Waals surface area contributed by atoms with Gasteiger partial charge in [-0.1, -0.05) is 24.3 Å². The molecule has 9 N–H and O–H groups in total. The fourth-order valence-electron chi connectivity index (χ4n) is 2.70. The highest BCUT2D eigenvalue weighted by atomic mass is 31.2. The van der Waals surface area contributed by atoms with Crippen molar-refractivity contribution < 1.29 is 23.2 Å². The van der Waals surface area contributed by atoms with Crippen LogP contribution in [0.25, 0.3) is 0 Å². The molecule has 0 aliphatic heterocycles. The van der Waals surface area contributed by atoms with Gasteiger partial charge in [-0.3, -0.25) is 25.2 Å². The third-order valence-corrected chi connectivity index (χ3v) is 4.65. The molecule has 0 heterocycles. The van der Waals surface area contributed by atoms with Gasteiger partial charge in [0.15, 0.2) is 11.6 Å². The second-order valence-corrected chi connectivity index (χ2v) is 8.74. The van der Waals surface area contributed by atoms with Gasteiger partial charge >= 0.3 is 7.67 Å². The highest BCUT2D eigenvalue weighted by Crippen LogP contribution is 2.43. The molecular weight excluding hydrogens is 380 g/mol. The van der Waals surface area contributed by atoms with Gasteiger partial charge in [-0.15, -0.1) is 0 Å². The molecule has 10 nitrogen and oxygen atoms in total. The number of hydrogen-bond acceptors (Lipinski definition) is 5. The van der Waals surface area contributed by atoms with Gasteiger partial charge in [0.1, 0.15) is 5.75 Å². The Morgan fingerprint density at radius 2 is 1.35 bits per heavy atom. The lowest BCUT2D eigenvalue weighted by Gasteiger charge is -2.24. The van der Waals surface area contributed by atoms with E-state index in [0.29, 0.717) is 0 Å². The summed E-state index contributed by atoms with van der Waals surface area (Å²) in [4.78, 5) is 25.8. The Morgan fingerprint density at radius 1 is 0.808 bits per heavy atom. The van der Waals surface area contributed by atoms with Crippen molar-refractivity contribution in [2.45, 2.75) is 0 Å². The Bertz CT molecular complexity index is 960. The van der Waals surface area contributed by atoms with Crippen LogP contribution in [0.1, 0.15) is 31.8 Å². The normalized spacial score (nSPS) is 13.8. The molecule has 3 rings (SSSR count). The molecule has 0 aromatic heterocycles. The molecule has 1 aliphatic carbocycles. The summed E-state index contributed by atoms with van der Waals surface area (Å²) in [5.41, 5.74) is 21.0. The van der Waals surface area contributed by atoms with Crippen LogP contribution in [0.3, 0.4) is 0 Å². The first-order valence-electron chi connectivity index (χ1n) is 7.15. The van der Waals surface area contributed by atoms with E-state index in [1.165, 1.54) is 24.3 Å². The molecule has 0 amide bonds. The van der Waals surface area contributed by atoms with Crippen molar-refractivity contribution >= 4 is 32.5 Å². The molecule has 0 saturated carbocycles. The molecule has 0 bridgehead atoms. The number of carbonyl (C=O) groups is 2. The molecular formula is C14H15N5O5P2. The maximum absolute atomic E-state index is 12.9. The van der Waals surface area contributed by atoms with Crippen molar-refractivity contribution in [3.8, 4) is 5.75 Å². The van der Waals surface area contributed by atoms with Crippen LogP contribution < -0.4 is 31.6 Å². The first kappa shape index (κ1) is 18.5. The topological polar surface area (TPSA) is 194 Å². The summed E-state index contributed by atoms with van der Waals surface area (Å²) in [7, 11) is -7.79. The molecule has 2 aromatic carbocycles. The van der Waals surface area contributed by atoms with E-state index in [1.54, 1.807) is 12.1 Å². The minimum atomic E-state index is -4.01. The van der Waals surface area contributed by atoms with Gasteiger partial charge in [0.2, 0.25) is 0 Å². The quantitative estimate of drug-likeness (QED) is 0.402. The molecule has 26 heavy (non-hydrogen) atoms. The zero-order chi connectivity index (χ0) is 19.3. The number of nitrogens with one attached hydrogen (secondary N) is 1. The summed E-state index contributed by atoms with van der Waals surface area (Å²) in [6.45, 7) is 0. The van der Waals surface area contributed by atoms with Crippen molar-refractivity contribution in [3.05, 3.63) is 58.7 Å². The Morgan fingerprint density at radius 3 is 1.85 bits per heavy atom. The highest BCUT2D eigenvalue weighted by Gasteiger charge is 2.36. The summed E-state index contributed by atoms with van der Waals surface area (Å²) in [6.07, 6.45) is 0. The molecule has 0 radical (unpaired) electrons. The summed E-state index contributed by atoms with van der Waals surface area (Å²) >= 11 is 0. The lowest BCUT2D eigenvalue weighted by atomic mass is 9.83. The van der Waals surface area contributed by atoms with Crippen molar-refractivity contribution in [3.63, 3.8) is 0 Å². The van der Waals surface area contributed by atoms with Crippen LogP contribution in [0.4, 0.5) is 5.69 Å². The maximum atomic E-state index is 12.9. The fourth-order valence-corrected chi connectivity index (χ4v) is 3.73. The smallest absolute Gasteiger partial charge is 0.385 e. The molecule has 0 fully saturated rings. The van der Waals surface area contributed by atoms with Crippen molar-refractivity contribution in [1.29, 1.82) is 0 Å². The number of benzene rings is 2. The lowest BCUT2D eigenvalue weighted by molar-refractivity contribution is 0.0978. The number of rotatable bonds is 4. The Kier molecular flexibility index (Phi) is 4.36. The number of anilines is 1. The van der Waals surface area contributed by atoms with Gasteiger partial charge in [0.25, 0.3) is 7.59 Å². The predicted octanol–water partition coefficient (Wildman–Crippen LogP) is 1.30. The lowest BCUT2D eigenvalue weighted by Crippen LogP contribution is -2.25. The van der Waals surface area contributed by atoms with E-state index in [4.69, 9.17) is 26.5 Å². The third-order valence-electron chi connectivity index (χ3n) is 3.57. The SMILES string of the molecule is NP(N)(=O)Nc1ccc(OP(N)(N)=O)c2c1C(=O)c1ccccc1C2=O. The van der Waals surface area contributed by atoms with Crippen LogP contribution in [0.2, 0.25) is 0 Å². The Labute approximate surface area is 148 Å². The second-order valence-electron chi connectivity index (χ2n) is 5.62. The fraction of sp³-hybridized carbons (Fsp3) is 0. The molecule has 0 saturated heterocycles. The van der Waals surface area contributed by atoms with Gasteiger partial charge in [-0.05, 0) is 12.1 Å². The highest BCUT2D eigenvalue weighted by molar-refractivity contribution is 7.60.